The van der Waals surface area contributed by atoms with Crippen LogP contribution in [-0.4, -0.2) is 31.3 Å². The topological polar surface area (TPSA) is 65.7 Å². The van der Waals surface area contributed by atoms with Gasteiger partial charge in [-0.05, 0) is 75.3 Å². The Morgan fingerprint density at radius 3 is 2.64 bits per heavy atom. The highest BCUT2D eigenvalue weighted by Crippen LogP contribution is 2.76. The average Bonchev–Trinajstić information content (AvgIpc) is 3.47. The van der Waals surface area contributed by atoms with E-state index in [1.807, 2.05) is 6.20 Å². The predicted octanol–water partition coefficient (Wildman–Crippen LogP) is 5.58. The predicted molar refractivity (Wildman–Crippen MR) is 126 cm³/mol. The van der Waals surface area contributed by atoms with Crippen LogP contribution in [0.4, 0.5) is 0 Å². The lowest BCUT2D eigenvalue weighted by molar-refractivity contribution is -0.173. The Kier molecular flexibility index (Phi) is 4.16. The van der Waals surface area contributed by atoms with E-state index in [1.165, 1.54) is 43.4 Å². The van der Waals surface area contributed by atoms with Crippen molar-refractivity contribution in [3.63, 3.8) is 0 Å². The van der Waals surface area contributed by atoms with Gasteiger partial charge < -0.3 is 4.74 Å². The van der Waals surface area contributed by atoms with Gasteiger partial charge in [0.1, 0.15) is 5.82 Å². The third kappa shape index (κ3) is 3.02. The van der Waals surface area contributed by atoms with E-state index in [0.29, 0.717) is 17.4 Å². The molecule has 1 aliphatic heterocycles. The highest BCUT2D eigenvalue weighted by Gasteiger charge is 2.70. The SMILES string of the molecule is Cc1ccc2c(C34CC(C(C)C)(C3)C4)nc(C3CCOC(c4cnn(C5CC5)c4)C3)nc2n1. The summed E-state index contributed by atoms with van der Waals surface area (Å²) in [4.78, 5) is 15.2. The first-order valence-corrected chi connectivity index (χ1v) is 12.8. The van der Waals surface area contributed by atoms with Crippen LogP contribution in [-0.2, 0) is 10.2 Å². The first-order valence-electron chi connectivity index (χ1n) is 12.8. The second kappa shape index (κ2) is 6.84. The number of pyridine rings is 1. The molecule has 8 rings (SSSR count). The molecule has 2 unspecified atom stereocenters. The minimum Gasteiger partial charge on any atom is -0.373 e. The van der Waals surface area contributed by atoms with Crippen molar-refractivity contribution in [2.24, 2.45) is 11.3 Å². The maximum atomic E-state index is 6.19. The lowest BCUT2D eigenvalue weighted by Crippen LogP contribution is -2.67. The number of nitrogens with zero attached hydrogens (tertiary/aromatic N) is 5. The Morgan fingerprint density at radius 2 is 1.88 bits per heavy atom. The zero-order chi connectivity index (χ0) is 22.4. The molecule has 4 heterocycles. The van der Waals surface area contributed by atoms with E-state index in [-0.39, 0.29) is 11.5 Å². The van der Waals surface area contributed by atoms with Gasteiger partial charge in [-0.15, -0.1) is 0 Å². The number of aromatic nitrogens is 5. The summed E-state index contributed by atoms with van der Waals surface area (Å²) in [5, 5.41) is 5.75. The molecular formula is C27H33N5O. The third-order valence-corrected chi connectivity index (χ3v) is 9.08. The summed E-state index contributed by atoms with van der Waals surface area (Å²) < 4.78 is 8.31. The fourth-order valence-corrected chi connectivity index (χ4v) is 6.76. The van der Waals surface area contributed by atoms with Gasteiger partial charge in [0.2, 0.25) is 0 Å². The number of aryl methyl sites for hydroxylation is 1. The standard InChI is InChI=1S/C27H33N5O/c1-16(2)26-13-27(14-26,15-26)23-21-7-4-17(3)29-25(21)31-24(30-23)18-8-9-33-22(10-18)19-11-28-32(12-19)20-5-6-20/h4,7,11-12,16,18,20,22H,5-6,8-10,13-15H2,1-3H3. The first-order chi connectivity index (χ1) is 15.9. The number of fused-ring (bicyclic) bond motifs is 1. The smallest absolute Gasteiger partial charge is 0.163 e. The molecule has 5 aliphatic rings. The lowest BCUT2D eigenvalue weighted by Gasteiger charge is -2.72. The van der Waals surface area contributed by atoms with E-state index in [2.05, 4.69) is 48.9 Å². The number of rotatable bonds is 5. The maximum Gasteiger partial charge on any atom is 0.163 e. The Labute approximate surface area is 195 Å². The fourth-order valence-electron chi connectivity index (χ4n) is 6.76. The van der Waals surface area contributed by atoms with Gasteiger partial charge in [0, 0.05) is 40.8 Å². The van der Waals surface area contributed by atoms with E-state index in [0.717, 1.165) is 47.9 Å². The molecule has 3 aromatic rings. The van der Waals surface area contributed by atoms with Crippen molar-refractivity contribution < 1.29 is 4.74 Å². The highest BCUT2D eigenvalue weighted by atomic mass is 16.5. The Morgan fingerprint density at radius 1 is 1.06 bits per heavy atom. The molecule has 0 N–H and O–H groups in total. The van der Waals surface area contributed by atoms with Crippen molar-refractivity contribution in [3.8, 4) is 0 Å². The second-order valence-corrected chi connectivity index (χ2v) is 11.6. The molecule has 3 aromatic heterocycles. The minimum absolute atomic E-state index is 0.0728. The van der Waals surface area contributed by atoms with E-state index < -0.39 is 0 Å². The fraction of sp³-hybridized carbons (Fsp3) is 0.630. The molecule has 0 aromatic carbocycles. The molecule has 6 nitrogen and oxygen atoms in total. The van der Waals surface area contributed by atoms with Gasteiger partial charge in [-0.25, -0.2) is 15.0 Å². The Balaban J connectivity index is 1.22. The van der Waals surface area contributed by atoms with Crippen LogP contribution in [0.1, 0.15) is 99.6 Å². The van der Waals surface area contributed by atoms with E-state index in [4.69, 9.17) is 19.7 Å². The summed E-state index contributed by atoms with van der Waals surface area (Å²) in [5.41, 5.74) is 5.14. The summed E-state index contributed by atoms with van der Waals surface area (Å²) in [6.45, 7) is 7.55. The Bertz CT molecular complexity index is 1220. The van der Waals surface area contributed by atoms with Crippen molar-refractivity contribution in [1.29, 1.82) is 0 Å². The molecule has 4 saturated carbocycles. The summed E-state index contributed by atoms with van der Waals surface area (Å²) in [5.74, 6) is 2.02. The monoisotopic (exact) mass is 443 g/mol. The maximum absolute atomic E-state index is 6.19. The van der Waals surface area contributed by atoms with Crippen LogP contribution in [0.2, 0.25) is 0 Å². The molecule has 2 bridgehead atoms. The molecule has 5 fully saturated rings. The number of ether oxygens (including phenoxy) is 1. The zero-order valence-corrected chi connectivity index (χ0v) is 19.9. The van der Waals surface area contributed by atoms with Gasteiger partial charge in [-0.1, -0.05) is 13.8 Å². The van der Waals surface area contributed by atoms with Crippen molar-refractivity contribution in [3.05, 3.63) is 47.3 Å². The number of hydrogen-bond acceptors (Lipinski definition) is 5. The van der Waals surface area contributed by atoms with Crippen molar-refractivity contribution in [2.45, 2.75) is 89.2 Å². The third-order valence-electron chi connectivity index (χ3n) is 9.08. The molecule has 0 radical (unpaired) electrons. The van der Waals surface area contributed by atoms with Crippen LogP contribution in [0.3, 0.4) is 0 Å². The van der Waals surface area contributed by atoms with Gasteiger partial charge in [0.05, 0.1) is 24.0 Å². The summed E-state index contributed by atoms with van der Waals surface area (Å²) in [6, 6.07) is 4.92. The largest absolute Gasteiger partial charge is 0.373 e. The molecule has 0 spiro atoms. The molecule has 2 atom stereocenters. The van der Waals surface area contributed by atoms with Crippen LogP contribution in [0, 0.1) is 18.3 Å². The first kappa shape index (κ1) is 20.1. The lowest BCUT2D eigenvalue weighted by atomic mass is 9.31. The van der Waals surface area contributed by atoms with Crippen LogP contribution in [0.25, 0.3) is 11.0 Å². The van der Waals surface area contributed by atoms with Gasteiger partial charge >= 0.3 is 0 Å². The van der Waals surface area contributed by atoms with Gasteiger partial charge in [-0.3, -0.25) is 4.68 Å². The van der Waals surface area contributed by atoms with Crippen LogP contribution in [0.5, 0.6) is 0 Å². The average molecular weight is 444 g/mol. The molecule has 1 saturated heterocycles. The second-order valence-electron chi connectivity index (χ2n) is 11.6. The minimum atomic E-state index is 0.0728. The molecule has 6 heteroatoms. The highest BCUT2D eigenvalue weighted by molar-refractivity contribution is 5.79. The van der Waals surface area contributed by atoms with Crippen LogP contribution >= 0.6 is 0 Å². The molecule has 4 aliphatic carbocycles. The van der Waals surface area contributed by atoms with Crippen molar-refractivity contribution in [1.82, 2.24) is 24.7 Å². The van der Waals surface area contributed by atoms with E-state index in [9.17, 15) is 0 Å². The van der Waals surface area contributed by atoms with Crippen molar-refractivity contribution >= 4 is 11.0 Å². The van der Waals surface area contributed by atoms with E-state index in [1.54, 1.807) is 0 Å². The molecule has 33 heavy (non-hydrogen) atoms. The van der Waals surface area contributed by atoms with Crippen molar-refractivity contribution in [2.75, 3.05) is 6.61 Å². The van der Waals surface area contributed by atoms with Crippen LogP contribution < -0.4 is 0 Å². The summed E-state index contributed by atoms with van der Waals surface area (Å²) in [7, 11) is 0. The van der Waals surface area contributed by atoms with Gasteiger partial charge in [0.25, 0.3) is 0 Å². The molecular weight excluding hydrogens is 410 g/mol. The number of hydrogen-bond donors (Lipinski definition) is 0. The summed E-state index contributed by atoms with van der Waals surface area (Å²) in [6.07, 6.45) is 12.4. The quantitative estimate of drug-likeness (QED) is 0.515. The molecule has 172 valence electrons. The summed E-state index contributed by atoms with van der Waals surface area (Å²) >= 11 is 0. The van der Waals surface area contributed by atoms with Crippen LogP contribution in [0.15, 0.2) is 24.5 Å². The van der Waals surface area contributed by atoms with E-state index >= 15 is 0 Å². The van der Waals surface area contributed by atoms with Gasteiger partial charge in [0.15, 0.2) is 5.65 Å². The Hall–Kier alpha value is -2.34. The zero-order valence-electron chi connectivity index (χ0n) is 19.9. The molecule has 0 amide bonds. The van der Waals surface area contributed by atoms with Gasteiger partial charge in [-0.2, -0.15) is 5.10 Å². The normalized spacial score (nSPS) is 33.2.